The Kier molecular flexibility index (Phi) is 4.74. The summed E-state index contributed by atoms with van der Waals surface area (Å²) < 4.78 is 5.61. The molecule has 0 amide bonds. The monoisotopic (exact) mass is 243 g/mol. The van der Waals surface area contributed by atoms with E-state index >= 15 is 0 Å². The second kappa shape index (κ2) is 5.86. The fraction of sp³-hybridized carbons (Fsp3) is 0.818. The van der Waals surface area contributed by atoms with E-state index < -0.39 is 17.6 Å². The van der Waals surface area contributed by atoms with Crippen LogP contribution in [-0.2, 0) is 9.53 Å². The number of hydrogen-bond acceptors (Lipinski definition) is 3. The number of carbonyl (C=O) groups is 1. The first-order chi connectivity index (χ1) is 8.03. The SMILES string of the molecule is CCCOC1CCCCC1(NC(=N)N)C(=O)O. The molecule has 6 heteroatoms. The van der Waals surface area contributed by atoms with Crippen molar-refractivity contribution >= 4 is 11.9 Å². The van der Waals surface area contributed by atoms with Crippen LogP contribution in [0.15, 0.2) is 0 Å². The van der Waals surface area contributed by atoms with Gasteiger partial charge >= 0.3 is 5.97 Å². The number of guanidine groups is 1. The third-order valence-electron chi connectivity index (χ3n) is 3.10. The van der Waals surface area contributed by atoms with E-state index in [1.54, 1.807) is 0 Å². The molecule has 0 bridgehead atoms. The second-order valence-corrected chi connectivity index (χ2v) is 4.42. The summed E-state index contributed by atoms with van der Waals surface area (Å²) in [4.78, 5) is 11.5. The standard InChI is InChI=1S/C11H21N3O3/c1-2-7-17-8-5-3-4-6-11(8,9(15)16)14-10(12)13/h8H,2-7H2,1H3,(H,15,16)(H4,12,13,14). The van der Waals surface area contributed by atoms with Gasteiger partial charge in [-0.05, 0) is 19.3 Å². The fourth-order valence-electron chi connectivity index (χ4n) is 2.31. The maximum absolute atomic E-state index is 11.5. The van der Waals surface area contributed by atoms with Crippen molar-refractivity contribution in [3.63, 3.8) is 0 Å². The first kappa shape index (κ1) is 13.8. The van der Waals surface area contributed by atoms with Crippen molar-refractivity contribution in [3.8, 4) is 0 Å². The van der Waals surface area contributed by atoms with Gasteiger partial charge in [-0.25, -0.2) is 4.79 Å². The zero-order valence-corrected chi connectivity index (χ0v) is 10.2. The molecule has 5 N–H and O–H groups in total. The predicted octanol–water partition coefficient (Wildman–Crippen LogP) is 0.662. The van der Waals surface area contributed by atoms with E-state index in [-0.39, 0.29) is 5.96 Å². The molecule has 0 spiro atoms. The zero-order valence-electron chi connectivity index (χ0n) is 10.2. The summed E-state index contributed by atoms with van der Waals surface area (Å²) >= 11 is 0. The topological polar surface area (TPSA) is 108 Å². The average molecular weight is 243 g/mol. The average Bonchev–Trinajstić information content (AvgIpc) is 2.26. The summed E-state index contributed by atoms with van der Waals surface area (Å²) in [5, 5.41) is 19.3. The van der Waals surface area contributed by atoms with Crippen LogP contribution in [-0.4, -0.2) is 35.3 Å². The van der Waals surface area contributed by atoms with E-state index in [4.69, 9.17) is 15.9 Å². The number of carboxylic acids is 1. The van der Waals surface area contributed by atoms with Crippen LogP contribution < -0.4 is 11.1 Å². The second-order valence-electron chi connectivity index (χ2n) is 4.42. The van der Waals surface area contributed by atoms with Crippen molar-refractivity contribution < 1.29 is 14.6 Å². The Morgan fingerprint density at radius 2 is 2.35 bits per heavy atom. The highest BCUT2D eigenvalue weighted by Gasteiger charge is 2.48. The molecule has 0 aromatic carbocycles. The van der Waals surface area contributed by atoms with Gasteiger partial charge in [-0.3, -0.25) is 5.41 Å². The lowest BCUT2D eigenvalue weighted by molar-refractivity contribution is -0.154. The van der Waals surface area contributed by atoms with Crippen LogP contribution >= 0.6 is 0 Å². The highest BCUT2D eigenvalue weighted by Crippen LogP contribution is 2.31. The van der Waals surface area contributed by atoms with Gasteiger partial charge in [-0.15, -0.1) is 0 Å². The quantitative estimate of drug-likeness (QED) is 0.419. The Hall–Kier alpha value is -1.30. The molecule has 1 fully saturated rings. The molecule has 0 aromatic heterocycles. The molecule has 17 heavy (non-hydrogen) atoms. The van der Waals surface area contributed by atoms with E-state index in [0.717, 1.165) is 19.3 Å². The van der Waals surface area contributed by atoms with Gasteiger partial charge in [0, 0.05) is 6.61 Å². The summed E-state index contributed by atoms with van der Waals surface area (Å²) in [5.74, 6) is -1.31. The molecule has 2 atom stereocenters. The Balaban J connectivity index is 2.87. The van der Waals surface area contributed by atoms with Crippen LogP contribution in [0.3, 0.4) is 0 Å². The van der Waals surface area contributed by atoms with Gasteiger partial charge in [0.05, 0.1) is 6.10 Å². The summed E-state index contributed by atoms with van der Waals surface area (Å²) in [7, 11) is 0. The van der Waals surface area contributed by atoms with Crippen molar-refractivity contribution in [2.75, 3.05) is 6.61 Å². The van der Waals surface area contributed by atoms with Crippen molar-refractivity contribution in [1.29, 1.82) is 5.41 Å². The van der Waals surface area contributed by atoms with Crippen LogP contribution in [0.1, 0.15) is 39.0 Å². The highest BCUT2D eigenvalue weighted by molar-refractivity contribution is 5.87. The summed E-state index contributed by atoms with van der Waals surface area (Å²) in [5.41, 5.74) is 4.05. The molecular formula is C11H21N3O3. The zero-order chi connectivity index (χ0) is 12.9. The van der Waals surface area contributed by atoms with Crippen LogP contribution in [0.25, 0.3) is 0 Å². The molecule has 0 saturated heterocycles. The minimum atomic E-state index is -1.24. The summed E-state index contributed by atoms with van der Waals surface area (Å²) in [6.07, 6.45) is 3.30. The first-order valence-corrected chi connectivity index (χ1v) is 6.00. The number of hydrogen-bond donors (Lipinski definition) is 4. The Labute approximate surface area is 101 Å². The third kappa shape index (κ3) is 3.09. The molecule has 0 heterocycles. The van der Waals surface area contributed by atoms with Crippen molar-refractivity contribution in [2.45, 2.75) is 50.7 Å². The minimum Gasteiger partial charge on any atom is -0.479 e. The van der Waals surface area contributed by atoms with E-state index in [1.165, 1.54) is 0 Å². The van der Waals surface area contributed by atoms with Gasteiger partial charge in [-0.1, -0.05) is 19.8 Å². The molecule has 1 aliphatic rings. The maximum Gasteiger partial charge on any atom is 0.332 e. The number of ether oxygens (including phenoxy) is 1. The smallest absolute Gasteiger partial charge is 0.332 e. The van der Waals surface area contributed by atoms with Gasteiger partial charge in [-0.2, -0.15) is 0 Å². The Morgan fingerprint density at radius 1 is 1.65 bits per heavy atom. The minimum absolute atomic E-state index is 0.320. The Morgan fingerprint density at radius 3 is 2.88 bits per heavy atom. The molecule has 98 valence electrons. The summed E-state index contributed by atoms with van der Waals surface area (Å²) in [6.45, 7) is 2.50. The largest absolute Gasteiger partial charge is 0.479 e. The molecule has 1 rings (SSSR count). The van der Waals surface area contributed by atoms with Gasteiger partial charge in [0.25, 0.3) is 0 Å². The van der Waals surface area contributed by atoms with Gasteiger partial charge in [0.1, 0.15) is 0 Å². The van der Waals surface area contributed by atoms with Gasteiger partial charge < -0.3 is 20.9 Å². The molecule has 2 unspecified atom stereocenters. The number of nitrogens with one attached hydrogen (secondary N) is 2. The first-order valence-electron chi connectivity index (χ1n) is 6.00. The van der Waals surface area contributed by atoms with Crippen molar-refractivity contribution in [3.05, 3.63) is 0 Å². The van der Waals surface area contributed by atoms with Crippen molar-refractivity contribution in [2.24, 2.45) is 5.73 Å². The number of carboxylic acid groups (broad SMARTS) is 1. The molecule has 0 radical (unpaired) electrons. The summed E-state index contributed by atoms with van der Waals surface area (Å²) in [6, 6.07) is 0. The Bertz CT molecular complexity index is 296. The van der Waals surface area contributed by atoms with Crippen LogP contribution in [0, 0.1) is 5.41 Å². The maximum atomic E-state index is 11.5. The lowest BCUT2D eigenvalue weighted by atomic mass is 9.79. The van der Waals surface area contributed by atoms with Crippen molar-refractivity contribution in [1.82, 2.24) is 5.32 Å². The number of nitrogens with two attached hydrogens (primary N) is 1. The van der Waals surface area contributed by atoms with E-state index in [1.807, 2.05) is 6.92 Å². The van der Waals surface area contributed by atoms with Gasteiger partial charge in [0.15, 0.2) is 11.5 Å². The van der Waals surface area contributed by atoms with E-state index in [0.29, 0.717) is 19.4 Å². The van der Waals surface area contributed by atoms with E-state index in [9.17, 15) is 9.90 Å². The molecule has 1 aliphatic carbocycles. The van der Waals surface area contributed by atoms with Crippen LogP contribution in [0.2, 0.25) is 0 Å². The molecular weight excluding hydrogens is 222 g/mol. The molecule has 1 saturated carbocycles. The molecule has 0 aliphatic heterocycles. The molecule has 0 aromatic rings. The number of rotatable bonds is 5. The highest BCUT2D eigenvalue weighted by atomic mass is 16.5. The lowest BCUT2D eigenvalue weighted by Crippen LogP contribution is -2.65. The molecule has 6 nitrogen and oxygen atoms in total. The normalized spacial score (nSPS) is 28.6. The van der Waals surface area contributed by atoms with E-state index in [2.05, 4.69) is 5.32 Å². The predicted molar refractivity (Wildman–Crippen MR) is 63.9 cm³/mol. The van der Waals surface area contributed by atoms with Crippen LogP contribution in [0.4, 0.5) is 0 Å². The van der Waals surface area contributed by atoms with Gasteiger partial charge in [0.2, 0.25) is 0 Å². The lowest BCUT2D eigenvalue weighted by Gasteiger charge is -2.41. The third-order valence-corrected chi connectivity index (χ3v) is 3.10. The van der Waals surface area contributed by atoms with Crippen LogP contribution in [0.5, 0.6) is 0 Å². The fourth-order valence-corrected chi connectivity index (χ4v) is 2.31. The number of aliphatic carboxylic acids is 1.